The Hall–Kier alpha value is -3.28. The number of nitrogens with zero attached hydrogens (tertiary/aromatic N) is 1. The number of pyridine rings is 1. The molecule has 1 atom stereocenters. The molecule has 2 heteroatoms. The van der Waals surface area contributed by atoms with Crippen molar-refractivity contribution in [1.29, 1.82) is 0 Å². The molecule has 2 aromatic rings. The second-order valence-corrected chi connectivity index (χ2v) is 10.1. The number of aryl methyl sites for hydroxylation is 1. The van der Waals surface area contributed by atoms with Gasteiger partial charge >= 0.3 is 0 Å². The Bertz CT molecular complexity index is 986. The van der Waals surface area contributed by atoms with Gasteiger partial charge in [-0.3, -0.25) is 4.98 Å². The Labute approximate surface area is 281 Å². The van der Waals surface area contributed by atoms with E-state index in [9.17, 15) is 0 Å². The topological polar surface area (TPSA) is 12.9 Å². The van der Waals surface area contributed by atoms with Crippen molar-refractivity contribution in [3.8, 4) is 12.8 Å². The van der Waals surface area contributed by atoms with Crippen molar-refractivity contribution in [3.63, 3.8) is 0 Å². The van der Waals surface area contributed by atoms with E-state index in [1.807, 2.05) is 71.2 Å². The summed E-state index contributed by atoms with van der Waals surface area (Å²) in [7, 11) is 0. The SMILES string of the molecule is C#C.C/C=C/c1ccccc1.C=C.C=C(C=C(C)C)C(CCC)CCCC.C=CC(S)=C(C)C.CC.CCc1cccnc1. The van der Waals surface area contributed by atoms with E-state index in [1.54, 1.807) is 12.3 Å². The van der Waals surface area contributed by atoms with Crippen molar-refractivity contribution >= 4 is 18.7 Å². The van der Waals surface area contributed by atoms with Crippen molar-refractivity contribution in [1.82, 2.24) is 4.98 Å². The van der Waals surface area contributed by atoms with Gasteiger partial charge in [-0.15, -0.1) is 38.6 Å². The van der Waals surface area contributed by atoms with Gasteiger partial charge in [-0.2, -0.15) is 0 Å². The summed E-state index contributed by atoms with van der Waals surface area (Å²) in [5.41, 5.74) is 6.47. The molecule has 1 nitrogen and oxygen atoms in total. The van der Waals surface area contributed by atoms with Crippen LogP contribution in [0.1, 0.15) is 112 Å². The molecular weight excluding hydrogens is 551 g/mol. The number of hydrogen-bond donors (Lipinski definition) is 1. The Morgan fingerprint density at radius 3 is 1.80 bits per heavy atom. The Morgan fingerprint density at radius 2 is 1.48 bits per heavy atom. The summed E-state index contributed by atoms with van der Waals surface area (Å²) in [6.07, 6.45) is 27.4. The number of unbranched alkanes of at least 4 members (excludes halogenated alkanes) is 1. The lowest BCUT2D eigenvalue weighted by molar-refractivity contribution is 0.497. The van der Waals surface area contributed by atoms with E-state index >= 15 is 0 Å². The third kappa shape index (κ3) is 36.7. The van der Waals surface area contributed by atoms with Crippen molar-refractivity contribution in [2.45, 2.75) is 108 Å². The molecule has 0 aliphatic rings. The van der Waals surface area contributed by atoms with Crippen LogP contribution in [-0.2, 0) is 6.42 Å². The largest absolute Gasteiger partial charge is 0.264 e. The van der Waals surface area contributed by atoms with Crippen LogP contribution in [0.2, 0.25) is 0 Å². The van der Waals surface area contributed by atoms with Crippen LogP contribution in [0, 0.1) is 18.8 Å². The summed E-state index contributed by atoms with van der Waals surface area (Å²) in [5.74, 6) is 0.717. The lowest BCUT2D eigenvalue weighted by atomic mass is 9.89. The number of allylic oxidation sites excluding steroid dienone is 6. The van der Waals surface area contributed by atoms with E-state index in [-0.39, 0.29) is 0 Å². The first kappa shape index (κ1) is 50.4. The van der Waals surface area contributed by atoms with Crippen molar-refractivity contribution < 1.29 is 0 Å². The molecule has 0 amide bonds. The average molecular weight is 618 g/mol. The van der Waals surface area contributed by atoms with Crippen molar-refractivity contribution in [2.75, 3.05) is 0 Å². The molecule has 0 bridgehead atoms. The predicted molar refractivity (Wildman–Crippen MR) is 211 cm³/mol. The van der Waals surface area contributed by atoms with Crippen LogP contribution in [0.15, 0.2) is 121 Å². The van der Waals surface area contributed by atoms with Crippen LogP contribution in [0.3, 0.4) is 0 Å². The van der Waals surface area contributed by atoms with Crippen LogP contribution < -0.4 is 0 Å². The highest BCUT2D eigenvalue weighted by molar-refractivity contribution is 7.84. The second kappa shape index (κ2) is 41.9. The standard InChI is InChI=1S/C14H26.C9H10.C7H9N.C6H10S.C2H6.C2H4.C2H2/c1-6-8-10-14(9-7-2)13(5)11-12(3)4;1-2-6-9-7-4-3-5-8-9;1-2-7-4-3-5-8-6-7;1-4-6(7)5(2)3;3*1-2/h11,14H,5-10H2,1-4H3;2-8H,1H3;3-6H,2H2,1H3;4,7H,1H2,2-3H3;1-2H3;1-2H2;1-2H/b;6-2+;;;;;. The van der Waals surface area contributed by atoms with Gasteiger partial charge in [-0.25, -0.2) is 0 Å². The second-order valence-electron chi connectivity index (χ2n) is 9.64. The van der Waals surface area contributed by atoms with Gasteiger partial charge in [0.2, 0.25) is 0 Å². The zero-order valence-corrected chi connectivity index (χ0v) is 31.1. The van der Waals surface area contributed by atoms with Gasteiger partial charge < -0.3 is 0 Å². The number of hydrogen-bond acceptors (Lipinski definition) is 2. The number of terminal acetylenes is 1. The number of thiol groups is 1. The fraction of sp³-hybridized carbons (Fsp3) is 0.405. The summed E-state index contributed by atoms with van der Waals surface area (Å²) in [4.78, 5) is 4.93. The summed E-state index contributed by atoms with van der Waals surface area (Å²) >= 11 is 4.09. The molecule has 0 saturated carbocycles. The first-order chi connectivity index (χ1) is 21.2. The zero-order valence-electron chi connectivity index (χ0n) is 30.2. The van der Waals surface area contributed by atoms with Gasteiger partial charge in [0.15, 0.2) is 0 Å². The van der Waals surface area contributed by atoms with E-state index in [0.29, 0.717) is 0 Å². The molecule has 1 heterocycles. The monoisotopic (exact) mass is 617 g/mol. The molecule has 2 rings (SSSR count). The highest BCUT2D eigenvalue weighted by atomic mass is 32.1. The third-order valence-electron chi connectivity index (χ3n) is 5.54. The molecule has 0 aliphatic heterocycles. The predicted octanol–water partition coefficient (Wildman–Crippen LogP) is 14.0. The molecule has 0 radical (unpaired) electrons. The minimum atomic E-state index is 0.717. The van der Waals surface area contributed by atoms with E-state index in [2.05, 4.69) is 122 Å². The smallest absolute Gasteiger partial charge is 0.0299 e. The van der Waals surface area contributed by atoms with Gasteiger partial charge in [-0.1, -0.05) is 144 Å². The van der Waals surface area contributed by atoms with Crippen molar-refractivity contribution in [3.05, 3.63) is 132 Å². The summed E-state index contributed by atoms with van der Waals surface area (Å²) in [6, 6.07) is 14.3. The van der Waals surface area contributed by atoms with Gasteiger partial charge in [0.05, 0.1) is 0 Å². The van der Waals surface area contributed by atoms with Crippen molar-refractivity contribution in [2.24, 2.45) is 5.92 Å². The Morgan fingerprint density at radius 1 is 0.909 bits per heavy atom. The molecule has 1 aromatic carbocycles. The zero-order chi connectivity index (χ0) is 35.2. The number of aromatic nitrogens is 1. The summed E-state index contributed by atoms with van der Waals surface area (Å²) < 4.78 is 0. The maximum Gasteiger partial charge on any atom is 0.0299 e. The first-order valence-corrected chi connectivity index (χ1v) is 16.3. The molecule has 0 saturated heterocycles. The van der Waals surface area contributed by atoms with Crippen LogP contribution in [0.25, 0.3) is 6.08 Å². The van der Waals surface area contributed by atoms with Crippen LogP contribution >= 0.6 is 12.6 Å². The summed E-state index contributed by atoms with van der Waals surface area (Å²) in [6.45, 7) is 34.7. The number of rotatable bonds is 10. The third-order valence-corrected chi connectivity index (χ3v) is 6.17. The van der Waals surface area contributed by atoms with E-state index in [1.165, 1.54) is 60.0 Å². The fourth-order valence-electron chi connectivity index (χ4n) is 3.37. The van der Waals surface area contributed by atoms with Gasteiger partial charge in [0.25, 0.3) is 0 Å². The van der Waals surface area contributed by atoms with Crippen LogP contribution in [-0.4, -0.2) is 4.98 Å². The Kier molecular flexibility index (Phi) is 47.9. The minimum Gasteiger partial charge on any atom is -0.264 e. The molecule has 1 aromatic heterocycles. The lowest BCUT2D eigenvalue weighted by Gasteiger charge is -2.16. The maximum atomic E-state index is 4.19. The highest BCUT2D eigenvalue weighted by Gasteiger charge is 2.08. The highest BCUT2D eigenvalue weighted by Crippen LogP contribution is 2.23. The normalized spacial score (nSPS) is 9.20. The Balaban J connectivity index is -0.000000149. The minimum absolute atomic E-state index is 0.717. The molecule has 0 spiro atoms. The molecule has 44 heavy (non-hydrogen) atoms. The van der Waals surface area contributed by atoms with Crippen LogP contribution in [0.5, 0.6) is 0 Å². The molecule has 0 fully saturated rings. The van der Waals surface area contributed by atoms with Gasteiger partial charge in [-0.05, 0) is 77.0 Å². The number of benzene rings is 1. The van der Waals surface area contributed by atoms with E-state index in [0.717, 1.165) is 17.2 Å². The van der Waals surface area contributed by atoms with Gasteiger partial charge in [0, 0.05) is 17.3 Å². The molecule has 246 valence electrons. The first-order valence-electron chi connectivity index (χ1n) is 15.9. The average Bonchev–Trinajstić information content (AvgIpc) is 3.07. The fourth-order valence-corrected chi connectivity index (χ4v) is 3.37. The summed E-state index contributed by atoms with van der Waals surface area (Å²) in [5, 5.41) is 0. The molecular formula is C42H67NS. The molecule has 1 unspecified atom stereocenters. The molecule has 0 aliphatic carbocycles. The van der Waals surface area contributed by atoms with Gasteiger partial charge in [0.1, 0.15) is 0 Å². The molecule has 0 N–H and O–H groups in total. The lowest BCUT2D eigenvalue weighted by Crippen LogP contribution is -2.02. The van der Waals surface area contributed by atoms with Crippen LogP contribution in [0.4, 0.5) is 0 Å². The maximum absolute atomic E-state index is 4.19. The quantitative estimate of drug-likeness (QED) is 0.121. The van der Waals surface area contributed by atoms with E-state index < -0.39 is 0 Å². The van der Waals surface area contributed by atoms with E-state index in [4.69, 9.17) is 0 Å².